The van der Waals surface area contributed by atoms with E-state index in [1.807, 2.05) is 19.0 Å². The Morgan fingerprint density at radius 3 is 2.57 bits per heavy atom. The molecule has 0 atom stereocenters. The van der Waals surface area contributed by atoms with E-state index in [1.165, 1.54) is 0 Å². The Morgan fingerprint density at radius 2 is 2.07 bits per heavy atom. The van der Waals surface area contributed by atoms with Crippen LogP contribution in [0.2, 0.25) is 0 Å². The molecule has 0 radical (unpaired) electrons. The van der Waals surface area contributed by atoms with Crippen LogP contribution in [-0.4, -0.2) is 74.0 Å². The van der Waals surface area contributed by atoms with E-state index < -0.39 is 0 Å². The summed E-state index contributed by atoms with van der Waals surface area (Å²) in [6.45, 7) is 7.41. The highest BCUT2D eigenvalue weighted by Gasteiger charge is 2.22. The Hall–Kier alpha value is -0.610. The fraction of sp³-hybridized carbons (Fsp3) is 0.900. The van der Waals surface area contributed by atoms with Gasteiger partial charge in [-0.15, -0.1) is 0 Å². The van der Waals surface area contributed by atoms with Crippen LogP contribution in [0.1, 0.15) is 6.92 Å². The zero-order valence-corrected chi connectivity index (χ0v) is 9.49. The van der Waals surface area contributed by atoms with Crippen molar-refractivity contribution in [3.05, 3.63) is 0 Å². The molecule has 0 unspecified atom stereocenters. The molecular formula is C10H21N3O. The smallest absolute Gasteiger partial charge is 0.236 e. The average molecular weight is 199 g/mol. The SMILES string of the molecule is CCN1CCN(CCN(C)C)C(=O)C1. The summed E-state index contributed by atoms with van der Waals surface area (Å²) in [5.41, 5.74) is 0. The van der Waals surface area contributed by atoms with Gasteiger partial charge in [-0.05, 0) is 20.6 Å². The van der Waals surface area contributed by atoms with E-state index in [0.29, 0.717) is 6.54 Å². The standard InChI is InChI=1S/C10H21N3O/c1-4-12-6-8-13(10(14)9-12)7-5-11(2)3/h4-9H2,1-3H3. The van der Waals surface area contributed by atoms with E-state index in [-0.39, 0.29) is 5.91 Å². The molecule has 1 saturated heterocycles. The predicted molar refractivity (Wildman–Crippen MR) is 57.2 cm³/mol. The van der Waals surface area contributed by atoms with Gasteiger partial charge in [-0.3, -0.25) is 9.69 Å². The van der Waals surface area contributed by atoms with E-state index in [2.05, 4.69) is 16.7 Å². The molecule has 0 aromatic rings. The van der Waals surface area contributed by atoms with Crippen LogP contribution in [0.4, 0.5) is 0 Å². The minimum Gasteiger partial charge on any atom is -0.339 e. The van der Waals surface area contributed by atoms with E-state index in [9.17, 15) is 4.79 Å². The number of nitrogens with zero attached hydrogens (tertiary/aromatic N) is 3. The number of hydrogen-bond donors (Lipinski definition) is 0. The molecule has 1 amide bonds. The van der Waals surface area contributed by atoms with E-state index in [1.54, 1.807) is 0 Å². The molecule has 1 aliphatic heterocycles. The van der Waals surface area contributed by atoms with Crippen molar-refractivity contribution in [2.75, 3.05) is 53.4 Å². The van der Waals surface area contributed by atoms with Gasteiger partial charge in [0.05, 0.1) is 6.54 Å². The first-order valence-electron chi connectivity index (χ1n) is 5.28. The second kappa shape index (κ2) is 5.32. The minimum atomic E-state index is 0.278. The first kappa shape index (κ1) is 11.5. The molecule has 0 saturated carbocycles. The van der Waals surface area contributed by atoms with Gasteiger partial charge < -0.3 is 9.80 Å². The Morgan fingerprint density at radius 1 is 1.36 bits per heavy atom. The van der Waals surface area contributed by atoms with Gasteiger partial charge in [0.15, 0.2) is 0 Å². The van der Waals surface area contributed by atoms with Crippen LogP contribution in [0.3, 0.4) is 0 Å². The molecule has 1 fully saturated rings. The maximum atomic E-state index is 11.6. The third kappa shape index (κ3) is 3.27. The molecule has 82 valence electrons. The summed E-state index contributed by atoms with van der Waals surface area (Å²) in [5, 5.41) is 0. The fourth-order valence-corrected chi connectivity index (χ4v) is 1.58. The first-order valence-corrected chi connectivity index (χ1v) is 5.28. The van der Waals surface area contributed by atoms with Crippen molar-refractivity contribution in [3.8, 4) is 0 Å². The summed E-state index contributed by atoms with van der Waals surface area (Å²) in [5.74, 6) is 0.278. The summed E-state index contributed by atoms with van der Waals surface area (Å²) in [7, 11) is 4.07. The molecule has 4 heteroatoms. The van der Waals surface area contributed by atoms with E-state index in [0.717, 1.165) is 32.7 Å². The fourth-order valence-electron chi connectivity index (χ4n) is 1.58. The highest BCUT2D eigenvalue weighted by molar-refractivity contribution is 5.79. The Kier molecular flexibility index (Phi) is 4.35. The van der Waals surface area contributed by atoms with Crippen molar-refractivity contribution >= 4 is 5.91 Å². The van der Waals surface area contributed by atoms with Gasteiger partial charge in [0, 0.05) is 26.2 Å². The predicted octanol–water partition coefficient (Wildman–Crippen LogP) is -0.288. The topological polar surface area (TPSA) is 26.8 Å². The molecule has 14 heavy (non-hydrogen) atoms. The van der Waals surface area contributed by atoms with Crippen LogP contribution in [-0.2, 0) is 4.79 Å². The Bertz CT molecular complexity index is 194. The monoisotopic (exact) mass is 199 g/mol. The van der Waals surface area contributed by atoms with Gasteiger partial charge in [-0.25, -0.2) is 0 Å². The van der Waals surface area contributed by atoms with Gasteiger partial charge >= 0.3 is 0 Å². The Labute approximate surface area is 86.5 Å². The lowest BCUT2D eigenvalue weighted by Gasteiger charge is -2.34. The molecule has 0 spiro atoms. The summed E-state index contributed by atoms with van der Waals surface area (Å²) in [6, 6.07) is 0. The largest absolute Gasteiger partial charge is 0.339 e. The van der Waals surface area contributed by atoms with Crippen LogP contribution in [0.5, 0.6) is 0 Å². The van der Waals surface area contributed by atoms with Crippen LogP contribution < -0.4 is 0 Å². The van der Waals surface area contributed by atoms with E-state index in [4.69, 9.17) is 0 Å². The summed E-state index contributed by atoms with van der Waals surface area (Å²) >= 11 is 0. The molecule has 0 N–H and O–H groups in total. The molecule has 4 nitrogen and oxygen atoms in total. The second-order valence-corrected chi connectivity index (χ2v) is 4.05. The van der Waals surface area contributed by atoms with Crippen molar-refractivity contribution in [3.63, 3.8) is 0 Å². The normalized spacial score (nSPS) is 19.4. The zero-order chi connectivity index (χ0) is 10.6. The highest BCUT2D eigenvalue weighted by Crippen LogP contribution is 2.02. The molecule has 0 aliphatic carbocycles. The number of piperazine rings is 1. The lowest BCUT2D eigenvalue weighted by molar-refractivity contribution is -0.136. The summed E-state index contributed by atoms with van der Waals surface area (Å²) in [4.78, 5) is 17.9. The lowest BCUT2D eigenvalue weighted by atomic mass is 10.3. The van der Waals surface area contributed by atoms with Crippen LogP contribution in [0, 0.1) is 0 Å². The molecule has 0 aromatic heterocycles. The maximum Gasteiger partial charge on any atom is 0.236 e. The third-order valence-electron chi connectivity index (χ3n) is 2.66. The van der Waals surface area contributed by atoms with E-state index >= 15 is 0 Å². The molecule has 0 bridgehead atoms. The number of carbonyl (C=O) groups excluding carboxylic acids is 1. The third-order valence-corrected chi connectivity index (χ3v) is 2.66. The number of hydrogen-bond acceptors (Lipinski definition) is 3. The van der Waals surface area contributed by atoms with Gasteiger partial charge in [-0.1, -0.05) is 6.92 Å². The van der Waals surface area contributed by atoms with Crippen molar-refractivity contribution in [2.24, 2.45) is 0 Å². The van der Waals surface area contributed by atoms with Crippen molar-refractivity contribution in [1.82, 2.24) is 14.7 Å². The quantitative estimate of drug-likeness (QED) is 0.622. The van der Waals surface area contributed by atoms with Gasteiger partial charge in [0.1, 0.15) is 0 Å². The van der Waals surface area contributed by atoms with Crippen molar-refractivity contribution < 1.29 is 4.79 Å². The van der Waals surface area contributed by atoms with Crippen LogP contribution in [0.25, 0.3) is 0 Å². The molecule has 1 heterocycles. The molecule has 1 aliphatic rings. The molecule has 0 aromatic carbocycles. The molecule has 1 rings (SSSR count). The summed E-state index contributed by atoms with van der Waals surface area (Å²) < 4.78 is 0. The Balaban J connectivity index is 2.31. The molecular weight excluding hydrogens is 178 g/mol. The zero-order valence-electron chi connectivity index (χ0n) is 9.49. The van der Waals surface area contributed by atoms with Crippen LogP contribution in [0.15, 0.2) is 0 Å². The first-order chi connectivity index (χ1) is 6.63. The van der Waals surface area contributed by atoms with Gasteiger partial charge in [0.25, 0.3) is 0 Å². The lowest BCUT2D eigenvalue weighted by Crippen LogP contribution is -2.51. The highest BCUT2D eigenvalue weighted by atomic mass is 16.2. The number of rotatable bonds is 4. The maximum absolute atomic E-state index is 11.6. The van der Waals surface area contributed by atoms with Crippen molar-refractivity contribution in [1.29, 1.82) is 0 Å². The summed E-state index contributed by atoms with van der Waals surface area (Å²) in [6.07, 6.45) is 0. The van der Waals surface area contributed by atoms with Gasteiger partial charge in [0.2, 0.25) is 5.91 Å². The number of carbonyl (C=O) groups is 1. The number of amides is 1. The number of likely N-dealkylation sites (N-methyl/N-ethyl adjacent to an activating group) is 2. The van der Waals surface area contributed by atoms with Crippen LogP contribution >= 0.6 is 0 Å². The van der Waals surface area contributed by atoms with Crippen molar-refractivity contribution in [2.45, 2.75) is 6.92 Å². The second-order valence-electron chi connectivity index (χ2n) is 4.05. The average Bonchev–Trinajstić information content (AvgIpc) is 2.15. The minimum absolute atomic E-state index is 0.278. The van der Waals surface area contributed by atoms with Gasteiger partial charge in [-0.2, -0.15) is 0 Å².